The predicted molar refractivity (Wildman–Crippen MR) is 67.8 cm³/mol. The van der Waals surface area contributed by atoms with Gasteiger partial charge in [-0.15, -0.1) is 0 Å². The number of hydrogen-bond acceptors (Lipinski definition) is 1. The van der Waals surface area contributed by atoms with Crippen molar-refractivity contribution in [2.24, 2.45) is 7.05 Å². The average molecular weight is 214 g/mol. The first kappa shape index (κ1) is 9.91. The molecule has 0 amide bonds. The summed E-state index contributed by atoms with van der Waals surface area (Å²) in [5, 5.41) is 1.45. The quantitative estimate of drug-likeness (QED) is 0.653. The molecule has 1 aromatic carbocycles. The number of rotatable bonds is 0. The molecule has 1 aliphatic rings. The molecule has 0 bridgehead atoms. The van der Waals surface area contributed by atoms with Crippen LogP contribution in [0.15, 0.2) is 24.3 Å². The average Bonchev–Trinajstić information content (AvgIpc) is 2.46. The van der Waals surface area contributed by atoms with E-state index in [4.69, 9.17) is 0 Å². The Labute approximate surface area is 96.5 Å². The lowest BCUT2D eigenvalue weighted by atomic mass is 10.1. The van der Waals surface area contributed by atoms with Gasteiger partial charge >= 0.3 is 0 Å². The maximum atomic E-state index is 2.43. The molecular formula is C14H18N2. The number of likely N-dealkylation sites (N-methyl/N-ethyl adjacent to an activating group) is 1. The molecule has 2 heterocycles. The van der Waals surface area contributed by atoms with Gasteiger partial charge in [-0.25, -0.2) is 0 Å². The van der Waals surface area contributed by atoms with Crippen LogP contribution in [-0.2, 0) is 19.9 Å². The van der Waals surface area contributed by atoms with Gasteiger partial charge in [0.25, 0.3) is 0 Å². The molecule has 0 saturated heterocycles. The number of nitrogens with zero attached hydrogens (tertiary/aromatic N) is 2. The first-order valence-corrected chi connectivity index (χ1v) is 6.01. The molecule has 2 aromatic rings. The fourth-order valence-electron chi connectivity index (χ4n) is 2.83. The summed E-state index contributed by atoms with van der Waals surface area (Å²) >= 11 is 0. The van der Waals surface area contributed by atoms with Crippen LogP contribution in [0.4, 0.5) is 0 Å². The van der Waals surface area contributed by atoms with E-state index in [0.717, 1.165) is 0 Å². The highest BCUT2D eigenvalue weighted by molar-refractivity contribution is 5.85. The number of hydrogen-bond donors (Lipinski definition) is 0. The fourth-order valence-corrected chi connectivity index (χ4v) is 2.83. The van der Waals surface area contributed by atoms with Crippen LogP contribution in [0.25, 0.3) is 10.9 Å². The van der Waals surface area contributed by atoms with Crippen molar-refractivity contribution in [3.8, 4) is 0 Å². The monoisotopic (exact) mass is 214 g/mol. The van der Waals surface area contributed by atoms with Crippen molar-refractivity contribution < 1.29 is 0 Å². The van der Waals surface area contributed by atoms with Crippen LogP contribution in [0.1, 0.15) is 11.3 Å². The van der Waals surface area contributed by atoms with E-state index in [1.165, 1.54) is 42.5 Å². The van der Waals surface area contributed by atoms with E-state index < -0.39 is 0 Å². The zero-order chi connectivity index (χ0) is 11.1. The lowest BCUT2D eigenvalue weighted by Crippen LogP contribution is -2.21. The van der Waals surface area contributed by atoms with Crippen LogP contribution in [0.3, 0.4) is 0 Å². The molecule has 0 saturated carbocycles. The number of benzene rings is 1. The van der Waals surface area contributed by atoms with Crippen LogP contribution in [0.5, 0.6) is 0 Å². The molecule has 0 fully saturated rings. The van der Waals surface area contributed by atoms with Crippen molar-refractivity contribution >= 4 is 10.9 Å². The number of fused-ring (bicyclic) bond motifs is 3. The van der Waals surface area contributed by atoms with Crippen molar-refractivity contribution in [3.05, 3.63) is 35.5 Å². The van der Waals surface area contributed by atoms with E-state index in [0.29, 0.717) is 0 Å². The summed E-state index contributed by atoms with van der Waals surface area (Å²) in [6, 6.07) is 8.78. The molecular weight excluding hydrogens is 196 g/mol. The maximum Gasteiger partial charge on any atom is 0.0482 e. The van der Waals surface area contributed by atoms with E-state index in [1.54, 1.807) is 5.56 Å². The summed E-state index contributed by atoms with van der Waals surface area (Å²) < 4.78 is 2.38. The minimum absolute atomic E-state index is 1.18. The lowest BCUT2D eigenvalue weighted by molar-refractivity contribution is 0.351. The van der Waals surface area contributed by atoms with E-state index in [2.05, 4.69) is 47.8 Å². The summed E-state index contributed by atoms with van der Waals surface area (Å²) in [7, 11) is 4.42. The van der Waals surface area contributed by atoms with Crippen LogP contribution < -0.4 is 0 Å². The first-order valence-electron chi connectivity index (χ1n) is 6.01. The minimum atomic E-state index is 1.18. The number of aromatic nitrogens is 1. The van der Waals surface area contributed by atoms with E-state index >= 15 is 0 Å². The second-order valence-corrected chi connectivity index (χ2v) is 4.80. The van der Waals surface area contributed by atoms with Crippen molar-refractivity contribution in [2.75, 3.05) is 20.1 Å². The molecule has 16 heavy (non-hydrogen) atoms. The molecule has 0 aliphatic carbocycles. The van der Waals surface area contributed by atoms with Crippen LogP contribution in [-0.4, -0.2) is 29.6 Å². The van der Waals surface area contributed by atoms with Crippen LogP contribution in [0, 0.1) is 0 Å². The highest BCUT2D eigenvalue weighted by Gasteiger charge is 2.18. The topological polar surface area (TPSA) is 8.17 Å². The lowest BCUT2D eigenvalue weighted by Gasteiger charge is -2.12. The van der Waals surface area contributed by atoms with E-state index in [-0.39, 0.29) is 0 Å². The Morgan fingerprint density at radius 1 is 1.00 bits per heavy atom. The summed E-state index contributed by atoms with van der Waals surface area (Å²) in [4.78, 5) is 2.43. The first-order chi connectivity index (χ1) is 7.77. The Hall–Kier alpha value is -1.28. The molecule has 3 rings (SSSR count). The second-order valence-electron chi connectivity index (χ2n) is 4.80. The zero-order valence-corrected chi connectivity index (χ0v) is 10.0. The van der Waals surface area contributed by atoms with E-state index in [1.807, 2.05) is 0 Å². The third-order valence-electron chi connectivity index (χ3n) is 3.82. The molecule has 84 valence electrons. The summed E-state index contributed by atoms with van der Waals surface area (Å²) in [6.45, 7) is 2.36. The molecule has 0 spiro atoms. The molecule has 0 unspecified atom stereocenters. The third kappa shape index (κ3) is 1.37. The van der Waals surface area contributed by atoms with Gasteiger partial charge in [0.15, 0.2) is 0 Å². The van der Waals surface area contributed by atoms with Gasteiger partial charge in [-0.3, -0.25) is 0 Å². The molecule has 1 aromatic heterocycles. The maximum absolute atomic E-state index is 2.43. The van der Waals surface area contributed by atoms with Gasteiger partial charge in [-0.2, -0.15) is 0 Å². The van der Waals surface area contributed by atoms with Gasteiger partial charge in [0, 0.05) is 43.2 Å². The molecule has 0 N–H and O–H groups in total. The van der Waals surface area contributed by atoms with Gasteiger partial charge < -0.3 is 9.47 Å². The zero-order valence-electron chi connectivity index (χ0n) is 10.0. The summed E-state index contributed by atoms with van der Waals surface area (Å²) in [5.41, 5.74) is 4.49. The van der Waals surface area contributed by atoms with Crippen molar-refractivity contribution in [1.82, 2.24) is 9.47 Å². The number of aryl methyl sites for hydroxylation is 1. The largest absolute Gasteiger partial charge is 0.347 e. The van der Waals surface area contributed by atoms with E-state index in [9.17, 15) is 0 Å². The standard InChI is InChI=1S/C14H18N2/c1-15-9-7-12-11-5-3-4-6-13(11)16(2)14(12)8-10-15/h3-6H,7-10H2,1-2H3. The predicted octanol–water partition coefficient (Wildman–Crippen LogP) is 2.21. The highest BCUT2D eigenvalue weighted by atomic mass is 15.1. The fraction of sp³-hybridized carbons (Fsp3) is 0.429. The number of para-hydroxylation sites is 1. The van der Waals surface area contributed by atoms with Crippen molar-refractivity contribution in [1.29, 1.82) is 0 Å². The Morgan fingerprint density at radius 2 is 1.75 bits per heavy atom. The normalized spacial score (nSPS) is 17.4. The SMILES string of the molecule is CN1CCc2c(n(C)c3ccccc23)CC1. The second kappa shape index (κ2) is 3.63. The molecule has 0 atom stereocenters. The van der Waals surface area contributed by atoms with Crippen LogP contribution >= 0.6 is 0 Å². The molecule has 2 heteroatoms. The third-order valence-corrected chi connectivity index (χ3v) is 3.82. The van der Waals surface area contributed by atoms with Crippen LogP contribution in [0.2, 0.25) is 0 Å². The van der Waals surface area contributed by atoms with Gasteiger partial charge in [-0.05, 0) is 25.1 Å². The van der Waals surface area contributed by atoms with Crippen molar-refractivity contribution in [3.63, 3.8) is 0 Å². The van der Waals surface area contributed by atoms with Gasteiger partial charge in [0.05, 0.1) is 0 Å². The van der Waals surface area contributed by atoms with Gasteiger partial charge in [-0.1, -0.05) is 18.2 Å². The molecule has 2 nitrogen and oxygen atoms in total. The Kier molecular flexibility index (Phi) is 2.25. The minimum Gasteiger partial charge on any atom is -0.347 e. The Bertz CT molecular complexity index is 525. The molecule has 0 radical (unpaired) electrons. The Balaban J connectivity index is 2.23. The molecule has 1 aliphatic heterocycles. The summed E-state index contributed by atoms with van der Waals surface area (Å²) in [6.07, 6.45) is 2.37. The highest BCUT2D eigenvalue weighted by Crippen LogP contribution is 2.27. The van der Waals surface area contributed by atoms with Gasteiger partial charge in [0.1, 0.15) is 0 Å². The smallest absolute Gasteiger partial charge is 0.0482 e. The van der Waals surface area contributed by atoms with Gasteiger partial charge in [0.2, 0.25) is 0 Å². The van der Waals surface area contributed by atoms with Crippen molar-refractivity contribution in [2.45, 2.75) is 12.8 Å². The summed E-state index contributed by atoms with van der Waals surface area (Å²) in [5.74, 6) is 0. The Morgan fingerprint density at radius 3 is 2.62 bits per heavy atom.